The normalized spacial score (nSPS) is 10.8. The number of hydrazone groups is 1. The van der Waals surface area contributed by atoms with Gasteiger partial charge in [-0.2, -0.15) is 5.10 Å². The highest BCUT2D eigenvalue weighted by atomic mass is 16.5. The summed E-state index contributed by atoms with van der Waals surface area (Å²) >= 11 is 0. The van der Waals surface area contributed by atoms with Crippen molar-refractivity contribution in [2.24, 2.45) is 5.10 Å². The zero-order valence-electron chi connectivity index (χ0n) is 17.3. The Hall–Kier alpha value is -3.35. The topological polar surface area (TPSA) is 86.2 Å². The number of esters is 1. The molecule has 7 nitrogen and oxygen atoms in total. The SMILES string of the molecule is COc1ccc(OC(C)=O)c(C=NNC(=O)COc2cc(C)ccc2C(C)C)c1. The van der Waals surface area contributed by atoms with Crippen molar-refractivity contribution < 1.29 is 23.8 Å². The van der Waals surface area contributed by atoms with E-state index in [0.717, 1.165) is 11.1 Å². The second-order valence-electron chi connectivity index (χ2n) is 6.78. The minimum Gasteiger partial charge on any atom is -0.497 e. The Balaban J connectivity index is 2.02. The molecule has 0 aromatic heterocycles. The molecule has 0 aliphatic carbocycles. The van der Waals surface area contributed by atoms with E-state index in [0.29, 0.717) is 22.8 Å². The van der Waals surface area contributed by atoms with E-state index in [1.54, 1.807) is 18.2 Å². The fraction of sp³-hybridized carbons (Fsp3) is 0.318. The fourth-order valence-electron chi connectivity index (χ4n) is 2.60. The van der Waals surface area contributed by atoms with Crippen molar-refractivity contribution in [3.8, 4) is 17.2 Å². The molecule has 0 fully saturated rings. The molecule has 154 valence electrons. The second kappa shape index (κ2) is 10.3. The molecule has 1 N–H and O–H groups in total. The highest BCUT2D eigenvalue weighted by Gasteiger charge is 2.10. The van der Waals surface area contributed by atoms with Crippen LogP contribution in [0, 0.1) is 6.92 Å². The first kappa shape index (κ1) is 21.9. The van der Waals surface area contributed by atoms with Crippen LogP contribution in [-0.2, 0) is 9.59 Å². The first-order valence-electron chi connectivity index (χ1n) is 9.22. The first-order valence-corrected chi connectivity index (χ1v) is 9.22. The molecule has 7 heteroatoms. The molecule has 0 radical (unpaired) electrons. The number of nitrogens with one attached hydrogen (secondary N) is 1. The molecule has 1 amide bonds. The third-order valence-corrected chi connectivity index (χ3v) is 4.01. The average molecular weight is 398 g/mol. The van der Waals surface area contributed by atoms with E-state index in [9.17, 15) is 9.59 Å². The maximum absolute atomic E-state index is 12.1. The summed E-state index contributed by atoms with van der Waals surface area (Å²) in [7, 11) is 1.53. The van der Waals surface area contributed by atoms with Gasteiger partial charge in [-0.3, -0.25) is 9.59 Å². The van der Waals surface area contributed by atoms with E-state index in [2.05, 4.69) is 24.4 Å². The third kappa shape index (κ3) is 6.64. The van der Waals surface area contributed by atoms with Gasteiger partial charge in [0.05, 0.1) is 13.3 Å². The number of benzene rings is 2. The minimum atomic E-state index is -0.457. The van der Waals surface area contributed by atoms with Gasteiger partial charge in [0, 0.05) is 12.5 Å². The lowest BCUT2D eigenvalue weighted by Crippen LogP contribution is -2.25. The molecule has 2 aromatic carbocycles. The molecule has 0 aliphatic rings. The molecule has 0 saturated carbocycles. The number of hydrogen-bond acceptors (Lipinski definition) is 6. The van der Waals surface area contributed by atoms with Crippen molar-refractivity contribution in [2.45, 2.75) is 33.6 Å². The number of hydrogen-bond donors (Lipinski definition) is 1. The van der Waals surface area contributed by atoms with Gasteiger partial charge in [0.1, 0.15) is 17.2 Å². The van der Waals surface area contributed by atoms with Crippen LogP contribution in [0.15, 0.2) is 41.5 Å². The number of rotatable bonds is 8. The Morgan fingerprint density at radius 2 is 1.90 bits per heavy atom. The van der Waals surface area contributed by atoms with E-state index < -0.39 is 11.9 Å². The van der Waals surface area contributed by atoms with Crippen LogP contribution in [0.4, 0.5) is 0 Å². The van der Waals surface area contributed by atoms with Crippen LogP contribution >= 0.6 is 0 Å². The van der Waals surface area contributed by atoms with Gasteiger partial charge in [-0.25, -0.2) is 5.43 Å². The molecular weight excluding hydrogens is 372 g/mol. The summed E-state index contributed by atoms with van der Waals surface area (Å²) in [4.78, 5) is 23.3. The Labute approximate surface area is 170 Å². The van der Waals surface area contributed by atoms with Gasteiger partial charge in [-0.1, -0.05) is 26.0 Å². The van der Waals surface area contributed by atoms with E-state index in [-0.39, 0.29) is 12.5 Å². The molecule has 0 saturated heterocycles. The Kier molecular flexibility index (Phi) is 7.77. The standard InChI is InChI=1S/C22H26N2O5/c1-14(2)19-8-6-15(3)10-21(19)28-13-22(26)24-23-12-17-11-18(27-5)7-9-20(17)29-16(4)25/h6-12,14H,13H2,1-5H3,(H,24,26). The Morgan fingerprint density at radius 1 is 1.14 bits per heavy atom. The smallest absolute Gasteiger partial charge is 0.308 e. The third-order valence-electron chi connectivity index (χ3n) is 4.01. The van der Waals surface area contributed by atoms with Gasteiger partial charge in [-0.05, 0) is 48.2 Å². The maximum Gasteiger partial charge on any atom is 0.308 e. The number of methoxy groups -OCH3 is 1. The average Bonchev–Trinajstić information content (AvgIpc) is 2.67. The van der Waals surface area contributed by atoms with E-state index in [1.165, 1.54) is 20.2 Å². The zero-order chi connectivity index (χ0) is 21.4. The molecule has 0 bridgehead atoms. The summed E-state index contributed by atoms with van der Waals surface area (Å²) in [6, 6.07) is 10.8. The van der Waals surface area contributed by atoms with Crippen molar-refractivity contribution in [3.63, 3.8) is 0 Å². The number of carbonyl (C=O) groups excluding carboxylic acids is 2. The van der Waals surface area contributed by atoms with Gasteiger partial charge < -0.3 is 14.2 Å². The lowest BCUT2D eigenvalue weighted by atomic mass is 10.0. The second-order valence-corrected chi connectivity index (χ2v) is 6.78. The van der Waals surface area contributed by atoms with Crippen molar-refractivity contribution >= 4 is 18.1 Å². The van der Waals surface area contributed by atoms with Gasteiger partial charge in [0.2, 0.25) is 0 Å². The molecule has 2 rings (SSSR count). The van der Waals surface area contributed by atoms with Crippen molar-refractivity contribution in [3.05, 3.63) is 53.1 Å². The van der Waals surface area contributed by atoms with Gasteiger partial charge in [-0.15, -0.1) is 0 Å². The quantitative estimate of drug-likeness (QED) is 0.318. The van der Waals surface area contributed by atoms with Crippen LogP contribution in [0.25, 0.3) is 0 Å². The van der Waals surface area contributed by atoms with Gasteiger partial charge >= 0.3 is 5.97 Å². The lowest BCUT2D eigenvalue weighted by molar-refractivity contribution is -0.132. The van der Waals surface area contributed by atoms with Crippen molar-refractivity contribution in [2.75, 3.05) is 13.7 Å². The van der Waals surface area contributed by atoms with Crippen LogP contribution in [-0.4, -0.2) is 31.8 Å². The molecule has 29 heavy (non-hydrogen) atoms. The largest absolute Gasteiger partial charge is 0.497 e. The van der Waals surface area contributed by atoms with Crippen LogP contribution in [0.1, 0.15) is 43.4 Å². The summed E-state index contributed by atoms with van der Waals surface area (Å²) in [5.74, 6) is 0.978. The summed E-state index contributed by atoms with van der Waals surface area (Å²) in [6.07, 6.45) is 1.38. The summed E-state index contributed by atoms with van der Waals surface area (Å²) in [6.45, 7) is 7.24. The molecule has 2 aromatic rings. The van der Waals surface area contributed by atoms with Crippen molar-refractivity contribution in [1.82, 2.24) is 5.43 Å². The maximum atomic E-state index is 12.1. The monoisotopic (exact) mass is 398 g/mol. The predicted molar refractivity (Wildman–Crippen MR) is 111 cm³/mol. The molecular formula is C22H26N2O5. The molecule has 0 unspecified atom stereocenters. The van der Waals surface area contributed by atoms with E-state index >= 15 is 0 Å². The molecule has 0 aliphatic heterocycles. The Morgan fingerprint density at radius 3 is 2.55 bits per heavy atom. The summed E-state index contributed by atoms with van der Waals surface area (Å²) in [5, 5.41) is 3.92. The summed E-state index contributed by atoms with van der Waals surface area (Å²) < 4.78 is 16.0. The van der Waals surface area contributed by atoms with Crippen molar-refractivity contribution in [1.29, 1.82) is 0 Å². The number of amides is 1. The van der Waals surface area contributed by atoms with Gasteiger partial charge in [0.15, 0.2) is 6.61 Å². The predicted octanol–water partition coefficient (Wildman–Crippen LogP) is 3.58. The highest BCUT2D eigenvalue weighted by Crippen LogP contribution is 2.27. The highest BCUT2D eigenvalue weighted by molar-refractivity contribution is 5.87. The molecule has 0 atom stereocenters. The van der Waals surface area contributed by atoms with Crippen LogP contribution < -0.4 is 19.6 Å². The minimum absolute atomic E-state index is 0.171. The van der Waals surface area contributed by atoms with E-state index in [1.807, 2.05) is 25.1 Å². The first-order chi connectivity index (χ1) is 13.8. The number of aryl methyl sites for hydroxylation is 1. The van der Waals surface area contributed by atoms with Crippen LogP contribution in [0.3, 0.4) is 0 Å². The summed E-state index contributed by atoms with van der Waals surface area (Å²) in [5.41, 5.74) is 4.99. The number of ether oxygens (including phenoxy) is 3. The molecule has 0 spiro atoms. The number of carbonyl (C=O) groups is 2. The number of nitrogens with zero attached hydrogens (tertiary/aromatic N) is 1. The molecule has 0 heterocycles. The zero-order valence-corrected chi connectivity index (χ0v) is 17.3. The lowest BCUT2D eigenvalue weighted by Gasteiger charge is -2.14. The van der Waals surface area contributed by atoms with Crippen LogP contribution in [0.5, 0.6) is 17.2 Å². The van der Waals surface area contributed by atoms with E-state index in [4.69, 9.17) is 14.2 Å². The van der Waals surface area contributed by atoms with Crippen LogP contribution in [0.2, 0.25) is 0 Å². The Bertz CT molecular complexity index is 906. The fourth-order valence-corrected chi connectivity index (χ4v) is 2.60. The van der Waals surface area contributed by atoms with Gasteiger partial charge in [0.25, 0.3) is 5.91 Å².